The number of rotatable bonds is 7. The maximum absolute atomic E-state index is 5.84. The second-order valence-electron chi connectivity index (χ2n) is 4.26. The van der Waals surface area contributed by atoms with Crippen molar-refractivity contribution in [2.75, 3.05) is 12.4 Å². The van der Waals surface area contributed by atoms with Crippen LogP contribution in [0.2, 0.25) is 0 Å². The molecular weight excluding hydrogens is 180 g/mol. The summed E-state index contributed by atoms with van der Waals surface area (Å²) in [6.45, 7) is 9.53. The summed E-state index contributed by atoms with van der Waals surface area (Å²) in [7, 11) is 0. The van der Waals surface area contributed by atoms with Crippen LogP contribution in [0.5, 0.6) is 0 Å². The first-order valence-electron chi connectivity index (χ1n) is 5.30. The van der Waals surface area contributed by atoms with Gasteiger partial charge in [0.05, 0.1) is 12.2 Å². The van der Waals surface area contributed by atoms with Crippen LogP contribution in [0.15, 0.2) is 0 Å². The van der Waals surface area contributed by atoms with Crippen LogP contribution in [-0.2, 0) is 4.74 Å². The van der Waals surface area contributed by atoms with E-state index in [2.05, 4.69) is 40.3 Å². The Morgan fingerprint density at radius 3 is 2.31 bits per heavy atom. The molecule has 2 heteroatoms. The van der Waals surface area contributed by atoms with E-state index in [4.69, 9.17) is 4.74 Å². The van der Waals surface area contributed by atoms with Gasteiger partial charge in [-0.1, -0.05) is 20.3 Å². The molecule has 0 radical (unpaired) electrons. The van der Waals surface area contributed by atoms with Crippen molar-refractivity contribution in [2.24, 2.45) is 5.92 Å². The highest BCUT2D eigenvalue weighted by atomic mass is 32.1. The first-order valence-corrected chi connectivity index (χ1v) is 5.93. The summed E-state index contributed by atoms with van der Waals surface area (Å²) in [4.78, 5) is 0. The molecule has 80 valence electrons. The molecule has 0 fully saturated rings. The molecule has 1 unspecified atom stereocenters. The predicted molar refractivity (Wildman–Crippen MR) is 62.6 cm³/mol. The number of ether oxygens (including phenoxy) is 1. The Hall–Kier alpha value is 0.310. The molecule has 0 aliphatic rings. The molecule has 1 atom stereocenters. The first-order chi connectivity index (χ1) is 6.05. The van der Waals surface area contributed by atoms with Crippen LogP contribution in [0.4, 0.5) is 0 Å². The molecule has 0 heterocycles. The molecule has 0 aliphatic carbocycles. The molecule has 0 aromatic rings. The van der Waals surface area contributed by atoms with E-state index < -0.39 is 0 Å². The van der Waals surface area contributed by atoms with E-state index in [0.29, 0.717) is 5.92 Å². The quantitative estimate of drug-likeness (QED) is 0.624. The van der Waals surface area contributed by atoms with E-state index in [0.717, 1.165) is 18.8 Å². The third-order valence-electron chi connectivity index (χ3n) is 2.52. The lowest BCUT2D eigenvalue weighted by Gasteiger charge is -2.26. The Kier molecular flexibility index (Phi) is 6.88. The van der Waals surface area contributed by atoms with Gasteiger partial charge in [-0.2, -0.15) is 12.6 Å². The molecule has 0 spiro atoms. The summed E-state index contributed by atoms with van der Waals surface area (Å²) in [5, 5.41) is 0. The summed E-state index contributed by atoms with van der Waals surface area (Å²) in [6.07, 6.45) is 3.52. The Labute approximate surface area is 88.7 Å². The van der Waals surface area contributed by atoms with Crippen molar-refractivity contribution in [1.29, 1.82) is 0 Å². The smallest absolute Gasteiger partial charge is 0.0624 e. The molecule has 0 bridgehead atoms. The summed E-state index contributed by atoms with van der Waals surface area (Å²) < 4.78 is 5.84. The van der Waals surface area contributed by atoms with E-state index in [1.165, 1.54) is 12.8 Å². The fourth-order valence-electron chi connectivity index (χ4n) is 1.08. The van der Waals surface area contributed by atoms with Crippen molar-refractivity contribution >= 4 is 12.6 Å². The molecule has 0 aliphatic heterocycles. The monoisotopic (exact) mass is 204 g/mol. The number of thiol groups is 1. The Balaban J connectivity index is 3.70. The van der Waals surface area contributed by atoms with Crippen molar-refractivity contribution in [3.8, 4) is 0 Å². The van der Waals surface area contributed by atoms with E-state index in [9.17, 15) is 0 Å². The first kappa shape index (κ1) is 13.3. The van der Waals surface area contributed by atoms with Gasteiger partial charge in [0, 0.05) is 0 Å². The van der Waals surface area contributed by atoms with Crippen molar-refractivity contribution in [2.45, 2.75) is 52.6 Å². The van der Waals surface area contributed by atoms with Gasteiger partial charge >= 0.3 is 0 Å². The normalized spacial score (nSPS) is 14.5. The number of hydrogen-bond donors (Lipinski definition) is 1. The van der Waals surface area contributed by atoms with Gasteiger partial charge in [0.15, 0.2) is 0 Å². The molecule has 13 heavy (non-hydrogen) atoms. The summed E-state index contributed by atoms with van der Waals surface area (Å²) in [6, 6.07) is 0. The molecule has 0 N–H and O–H groups in total. The third-order valence-corrected chi connectivity index (χ3v) is 3.03. The zero-order valence-corrected chi connectivity index (χ0v) is 10.4. The van der Waals surface area contributed by atoms with Crippen LogP contribution in [-0.4, -0.2) is 18.0 Å². The molecule has 0 aromatic heterocycles. The summed E-state index contributed by atoms with van der Waals surface area (Å²) >= 11 is 4.33. The molecule has 0 rings (SSSR count). The summed E-state index contributed by atoms with van der Waals surface area (Å²) in [5.41, 5.74) is 0.0366. The van der Waals surface area contributed by atoms with Gasteiger partial charge in [-0.05, 0) is 38.4 Å². The van der Waals surface area contributed by atoms with Gasteiger partial charge in [0.25, 0.3) is 0 Å². The second-order valence-corrected chi connectivity index (χ2v) is 4.63. The molecular formula is C11H24OS. The molecule has 0 aromatic carbocycles. The minimum absolute atomic E-state index is 0.0366. The SMILES string of the molecule is CCCC(CS)COC(C)(C)CC. The van der Waals surface area contributed by atoms with E-state index >= 15 is 0 Å². The van der Waals surface area contributed by atoms with Crippen LogP contribution < -0.4 is 0 Å². The van der Waals surface area contributed by atoms with Crippen LogP contribution in [0.1, 0.15) is 47.0 Å². The standard InChI is InChI=1S/C11H24OS/c1-5-7-10(9-13)8-12-11(3,4)6-2/h10,13H,5-9H2,1-4H3. The van der Waals surface area contributed by atoms with Gasteiger partial charge in [0.2, 0.25) is 0 Å². The minimum Gasteiger partial charge on any atom is -0.375 e. The summed E-state index contributed by atoms with van der Waals surface area (Å²) in [5.74, 6) is 1.56. The average Bonchev–Trinajstić information content (AvgIpc) is 2.12. The Morgan fingerprint density at radius 1 is 1.31 bits per heavy atom. The molecule has 0 saturated carbocycles. The topological polar surface area (TPSA) is 9.23 Å². The largest absolute Gasteiger partial charge is 0.375 e. The minimum atomic E-state index is 0.0366. The van der Waals surface area contributed by atoms with Crippen molar-refractivity contribution in [1.82, 2.24) is 0 Å². The van der Waals surface area contributed by atoms with Gasteiger partial charge in [-0.15, -0.1) is 0 Å². The third kappa shape index (κ3) is 6.39. The lowest BCUT2D eigenvalue weighted by molar-refractivity contribution is -0.0354. The predicted octanol–water partition coefficient (Wildman–Crippen LogP) is 3.54. The molecule has 0 amide bonds. The van der Waals surface area contributed by atoms with E-state index in [1.807, 2.05) is 0 Å². The van der Waals surface area contributed by atoms with Crippen molar-refractivity contribution in [3.05, 3.63) is 0 Å². The zero-order valence-electron chi connectivity index (χ0n) is 9.47. The fourth-order valence-corrected chi connectivity index (χ4v) is 1.37. The van der Waals surface area contributed by atoms with Gasteiger partial charge < -0.3 is 4.74 Å². The van der Waals surface area contributed by atoms with Gasteiger partial charge in [-0.3, -0.25) is 0 Å². The lowest BCUT2D eigenvalue weighted by Crippen LogP contribution is -2.27. The van der Waals surface area contributed by atoms with Gasteiger partial charge in [0.1, 0.15) is 0 Å². The highest BCUT2D eigenvalue weighted by Gasteiger charge is 2.17. The Morgan fingerprint density at radius 2 is 1.92 bits per heavy atom. The zero-order chi connectivity index (χ0) is 10.3. The van der Waals surface area contributed by atoms with E-state index in [1.54, 1.807) is 0 Å². The van der Waals surface area contributed by atoms with Gasteiger partial charge in [-0.25, -0.2) is 0 Å². The highest BCUT2D eigenvalue weighted by Crippen LogP contribution is 2.17. The molecule has 1 nitrogen and oxygen atoms in total. The second kappa shape index (κ2) is 6.72. The van der Waals surface area contributed by atoms with Crippen LogP contribution in [0, 0.1) is 5.92 Å². The molecule has 0 saturated heterocycles. The average molecular weight is 204 g/mol. The van der Waals surface area contributed by atoms with Crippen LogP contribution in [0.25, 0.3) is 0 Å². The fraction of sp³-hybridized carbons (Fsp3) is 1.00. The maximum Gasteiger partial charge on any atom is 0.0624 e. The van der Waals surface area contributed by atoms with E-state index in [-0.39, 0.29) is 5.60 Å². The maximum atomic E-state index is 5.84. The van der Waals surface area contributed by atoms with Crippen LogP contribution in [0.3, 0.4) is 0 Å². The van der Waals surface area contributed by atoms with Crippen molar-refractivity contribution < 1.29 is 4.74 Å². The number of hydrogen-bond acceptors (Lipinski definition) is 2. The lowest BCUT2D eigenvalue weighted by atomic mass is 10.0. The van der Waals surface area contributed by atoms with Crippen LogP contribution >= 0.6 is 12.6 Å². The Bertz CT molecular complexity index is 123. The highest BCUT2D eigenvalue weighted by molar-refractivity contribution is 7.80. The van der Waals surface area contributed by atoms with Crippen molar-refractivity contribution in [3.63, 3.8) is 0 Å².